The molecule has 0 amide bonds. The van der Waals surface area contributed by atoms with E-state index in [1.165, 1.54) is 0 Å². The molecule has 1 aromatic heterocycles. The average molecular weight is 245 g/mol. The molecule has 1 fully saturated rings. The lowest BCUT2D eigenvalue weighted by Crippen LogP contribution is -2.47. The van der Waals surface area contributed by atoms with Crippen LogP contribution in [0.5, 0.6) is 0 Å². The zero-order valence-corrected chi connectivity index (χ0v) is 10.7. The second-order valence-electron chi connectivity index (χ2n) is 5.03. The normalized spacial score (nSPS) is 24.7. The Morgan fingerprint density at radius 1 is 1.44 bits per heavy atom. The second-order valence-corrected chi connectivity index (χ2v) is 5.03. The van der Waals surface area contributed by atoms with Crippen molar-refractivity contribution in [2.45, 2.75) is 25.8 Å². The molecule has 2 heterocycles. The minimum Gasteiger partial charge on any atom is -0.423 e. The molecule has 2 unspecified atom stereocenters. The van der Waals surface area contributed by atoms with E-state index in [-0.39, 0.29) is 0 Å². The average Bonchev–Trinajstić information content (AvgIpc) is 2.83. The monoisotopic (exact) mass is 245 g/mol. The Bertz CT molecular complexity index is 504. The fourth-order valence-corrected chi connectivity index (χ4v) is 2.65. The topological polar surface area (TPSA) is 55.3 Å². The predicted octanol–water partition coefficient (Wildman–Crippen LogP) is 2.39. The molecule has 2 aromatic rings. The maximum Gasteiger partial charge on any atom is 0.298 e. The second kappa shape index (κ2) is 4.61. The predicted molar refractivity (Wildman–Crippen MR) is 72.6 cm³/mol. The molecular weight excluding hydrogens is 226 g/mol. The molecule has 1 aliphatic rings. The van der Waals surface area contributed by atoms with Crippen molar-refractivity contribution in [1.82, 2.24) is 4.98 Å². The van der Waals surface area contributed by atoms with Gasteiger partial charge in [-0.25, -0.2) is 0 Å². The molecule has 18 heavy (non-hydrogen) atoms. The number of anilines is 1. The van der Waals surface area contributed by atoms with E-state index in [0.717, 1.165) is 43.0 Å². The highest BCUT2D eigenvalue weighted by molar-refractivity contribution is 5.74. The highest BCUT2D eigenvalue weighted by atomic mass is 16.4. The van der Waals surface area contributed by atoms with E-state index in [4.69, 9.17) is 10.2 Å². The zero-order valence-electron chi connectivity index (χ0n) is 10.7. The van der Waals surface area contributed by atoms with Crippen molar-refractivity contribution in [3.05, 3.63) is 24.3 Å². The number of hydrogen-bond acceptors (Lipinski definition) is 4. The van der Waals surface area contributed by atoms with Crippen molar-refractivity contribution in [3.63, 3.8) is 0 Å². The fourth-order valence-electron chi connectivity index (χ4n) is 2.65. The molecule has 0 aliphatic carbocycles. The third-order valence-corrected chi connectivity index (χ3v) is 3.87. The van der Waals surface area contributed by atoms with Crippen LogP contribution in [0, 0.1) is 5.92 Å². The van der Waals surface area contributed by atoms with Crippen LogP contribution in [0.15, 0.2) is 28.7 Å². The Morgan fingerprint density at radius 2 is 2.28 bits per heavy atom. The van der Waals surface area contributed by atoms with Crippen LogP contribution in [0.1, 0.15) is 19.8 Å². The summed E-state index contributed by atoms with van der Waals surface area (Å²) in [5.41, 5.74) is 7.91. The van der Waals surface area contributed by atoms with E-state index in [9.17, 15) is 0 Å². The lowest BCUT2D eigenvalue weighted by Gasteiger charge is -2.35. The molecule has 4 nitrogen and oxygen atoms in total. The molecule has 1 aliphatic heterocycles. The molecule has 0 saturated carbocycles. The first-order valence-corrected chi connectivity index (χ1v) is 6.64. The van der Waals surface area contributed by atoms with Crippen LogP contribution in [0.2, 0.25) is 0 Å². The number of rotatable bonds is 2. The molecule has 0 spiro atoms. The molecular formula is C14H19N3O. The maximum atomic E-state index is 6.13. The van der Waals surface area contributed by atoms with Gasteiger partial charge in [-0.2, -0.15) is 4.98 Å². The fraction of sp³-hybridized carbons (Fsp3) is 0.500. The van der Waals surface area contributed by atoms with Crippen LogP contribution in [0.3, 0.4) is 0 Å². The summed E-state index contributed by atoms with van der Waals surface area (Å²) in [7, 11) is 0. The number of nitrogens with zero attached hydrogens (tertiary/aromatic N) is 2. The van der Waals surface area contributed by atoms with Gasteiger partial charge in [0.2, 0.25) is 0 Å². The Morgan fingerprint density at radius 3 is 3.06 bits per heavy atom. The minimum absolute atomic E-state index is 0.315. The van der Waals surface area contributed by atoms with Gasteiger partial charge in [-0.3, -0.25) is 0 Å². The van der Waals surface area contributed by atoms with Crippen LogP contribution in [0.4, 0.5) is 6.01 Å². The first-order valence-electron chi connectivity index (χ1n) is 6.64. The van der Waals surface area contributed by atoms with Gasteiger partial charge in [0.05, 0.1) is 0 Å². The summed E-state index contributed by atoms with van der Waals surface area (Å²) in [5.74, 6) is 0.536. The van der Waals surface area contributed by atoms with Crippen molar-refractivity contribution in [2.24, 2.45) is 11.7 Å². The lowest BCUT2D eigenvalue weighted by molar-refractivity contribution is 0.337. The van der Waals surface area contributed by atoms with Crippen LogP contribution in [0.25, 0.3) is 11.1 Å². The highest BCUT2D eigenvalue weighted by Crippen LogP contribution is 2.26. The number of oxazole rings is 1. The van der Waals surface area contributed by atoms with Gasteiger partial charge in [-0.1, -0.05) is 25.5 Å². The van der Waals surface area contributed by atoms with Crippen molar-refractivity contribution < 1.29 is 4.42 Å². The standard InChI is InChI=1S/C14H19N3O/c1-2-10-9-17(8-7-11(10)15)14-16-12-5-3-4-6-13(12)18-14/h3-6,10-11H,2,7-9,15H2,1H3. The quantitative estimate of drug-likeness (QED) is 0.882. The van der Waals surface area contributed by atoms with E-state index in [0.29, 0.717) is 12.0 Å². The molecule has 1 saturated heterocycles. The van der Waals surface area contributed by atoms with E-state index in [1.807, 2.05) is 24.3 Å². The number of nitrogens with two attached hydrogens (primary N) is 1. The summed E-state index contributed by atoms with van der Waals surface area (Å²) in [4.78, 5) is 6.77. The van der Waals surface area contributed by atoms with E-state index >= 15 is 0 Å². The van der Waals surface area contributed by atoms with E-state index < -0.39 is 0 Å². The van der Waals surface area contributed by atoms with Gasteiger partial charge in [-0.05, 0) is 24.5 Å². The summed E-state index contributed by atoms with van der Waals surface area (Å²) in [6.45, 7) is 4.08. The molecule has 1 aromatic carbocycles. The van der Waals surface area contributed by atoms with Crippen molar-refractivity contribution >= 4 is 17.1 Å². The summed E-state index contributed by atoms with van der Waals surface area (Å²) in [5, 5.41) is 0. The SMILES string of the molecule is CCC1CN(c2nc3ccccc3o2)CCC1N. The van der Waals surface area contributed by atoms with E-state index in [2.05, 4.69) is 16.8 Å². The van der Waals surface area contributed by atoms with Gasteiger partial charge in [0.1, 0.15) is 5.52 Å². The van der Waals surface area contributed by atoms with Gasteiger partial charge in [0, 0.05) is 19.1 Å². The van der Waals surface area contributed by atoms with Crippen molar-refractivity contribution in [3.8, 4) is 0 Å². The molecule has 2 atom stereocenters. The van der Waals surface area contributed by atoms with Gasteiger partial charge in [0.15, 0.2) is 5.58 Å². The van der Waals surface area contributed by atoms with Gasteiger partial charge in [-0.15, -0.1) is 0 Å². The largest absolute Gasteiger partial charge is 0.423 e. The van der Waals surface area contributed by atoms with Crippen LogP contribution in [-0.4, -0.2) is 24.1 Å². The van der Waals surface area contributed by atoms with Crippen molar-refractivity contribution in [2.75, 3.05) is 18.0 Å². The van der Waals surface area contributed by atoms with Gasteiger partial charge in [0.25, 0.3) is 6.01 Å². The molecule has 2 N–H and O–H groups in total. The van der Waals surface area contributed by atoms with E-state index in [1.54, 1.807) is 0 Å². The maximum absolute atomic E-state index is 6.13. The summed E-state index contributed by atoms with van der Waals surface area (Å²) < 4.78 is 5.81. The molecule has 96 valence electrons. The first kappa shape index (κ1) is 11.5. The van der Waals surface area contributed by atoms with Crippen LogP contribution >= 0.6 is 0 Å². The molecule has 4 heteroatoms. The lowest BCUT2D eigenvalue weighted by atomic mass is 9.91. The van der Waals surface area contributed by atoms with Crippen LogP contribution in [-0.2, 0) is 0 Å². The summed E-state index contributed by atoms with van der Waals surface area (Å²) >= 11 is 0. The number of aromatic nitrogens is 1. The molecule has 0 bridgehead atoms. The number of piperidine rings is 1. The first-order chi connectivity index (χ1) is 8.78. The highest BCUT2D eigenvalue weighted by Gasteiger charge is 2.27. The smallest absolute Gasteiger partial charge is 0.298 e. The van der Waals surface area contributed by atoms with Crippen molar-refractivity contribution in [1.29, 1.82) is 0 Å². The number of fused-ring (bicyclic) bond motifs is 1. The molecule has 0 radical (unpaired) electrons. The Hall–Kier alpha value is -1.55. The summed E-state index contributed by atoms with van der Waals surface area (Å²) in [6.07, 6.45) is 2.12. The Kier molecular flexibility index (Phi) is 2.96. The molecule has 3 rings (SSSR count). The minimum atomic E-state index is 0.315. The Balaban J connectivity index is 1.86. The summed E-state index contributed by atoms with van der Waals surface area (Å²) in [6, 6.07) is 8.94. The zero-order chi connectivity index (χ0) is 12.5. The Labute approximate surface area is 107 Å². The van der Waals surface area contributed by atoms with Gasteiger partial charge < -0.3 is 15.1 Å². The number of hydrogen-bond donors (Lipinski definition) is 1. The number of benzene rings is 1. The third-order valence-electron chi connectivity index (χ3n) is 3.87. The third kappa shape index (κ3) is 1.97. The van der Waals surface area contributed by atoms with Crippen LogP contribution < -0.4 is 10.6 Å². The van der Waals surface area contributed by atoms with Gasteiger partial charge >= 0.3 is 0 Å². The number of para-hydroxylation sites is 2.